The van der Waals surface area contributed by atoms with E-state index in [1.54, 1.807) is 7.05 Å². The molecule has 1 saturated heterocycles. The van der Waals surface area contributed by atoms with Crippen molar-refractivity contribution in [3.63, 3.8) is 0 Å². The van der Waals surface area contributed by atoms with E-state index in [2.05, 4.69) is 39.5 Å². The minimum Gasteiger partial charge on any atom is -0.373 e. The number of guanidine groups is 1. The molecule has 0 amide bonds. The van der Waals surface area contributed by atoms with Crippen molar-refractivity contribution in [3.8, 4) is 0 Å². The van der Waals surface area contributed by atoms with E-state index in [1.807, 2.05) is 13.8 Å². The number of ether oxygens (including phenoxy) is 1. The molecular formula is C16H30IN5O2. The van der Waals surface area contributed by atoms with Crippen LogP contribution in [0.25, 0.3) is 0 Å². The summed E-state index contributed by atoms with van der Waals surface area (Å²) in [5, 5.41) is 10.6. The molecule has 0 aliphatic carbocycles. The van der Waals surface area contributed by atoms with Gasteiger partial charge in [0.2, 0.25) is 0 Å². The molecule has 2 rings (SSSR count). The van der Waals surface area contributed by atoms with Gasteiger partial charge in [-0.2, -0.15) is 0 Å². The quantitative estimate of drug-likeness (QED) is 0.403. The first-order valence-electron chi connectivity index (χ1n) is 8.14. The molecule has 1 aromatic heterocycles. The molecule has 138 valence electrons. The van der Waals surface area contributed by atoms with E-state index in [4.69, 9.17) is 9.26 Å². The van der Waals surface area contributed by atoms with Crippen LogP contribution in [-0.4, -0.2) is 61.5 Å². The lowest BCUT2D eigenvalue weighted by Gasteiger charge is -2.38. The third-order valence-electron chi connectivity index (χ3n) is 4.06. The Bertz CT molecular complexity index is 525. The van der Waals surface area contributed by atoms with Gasteiger partial charge >= 0.3 is 0 Å². The normalized spacial score (nSPS) is 18.1. The van der Waals surface area contributed by atoms with Crippen LogP contribution in [0.3, 0.4) is 0 Å². The Balaban J connectivity index is 0.00000288. The summed E-state index contributed by atoms with van der Waals surface area (Å²) in [5.74, 6) is 1.64. The minimum absolute atomic E-state index is 0. The van der Waals surface area contributed by atoms with Crippen LogP contribution in [0.2, 0.25) is 0 Å². The van der Waals surface area contributed by atoms with Gasteiger partial charge in [-0.15, -0.1) is 24.0 Å². The van der Waals surface area contributed by atoms with Gasteiger partial charge in [0.25, 0.3) is 0 Å². The summed E-state index contributed by atoms with van der Waals surface area (Å²) in [7, 11) is 1.78. The Morgan fingerprint density at radius 3 is 2.67 bits per heavy atom. The maximum atomic E-state index is 5.73. The number of rotatable bonds is 5. The van der Waals surface area contributed by atoms with E-state index >= 15 is 0 Å². The summed E-state index contributed by atoms with van der Waals surface area (Å²) >= 11 is 0. The summed E-state index contributed by atoms with van der Waals surface area (Å²) in [6.07, 6.45) is 0. The van der Waals surface area contributed by atoms with E-state index in [1.165, 1.54) is 0 Å². The van der Waals surface area contributed by atoms with Gasteiger partial charge in [-0.05, 0) is 27.7 Å². The number of aromatic nitrogens is 1. The number of hydrogen-bond donors (Lipinski definition) is 2. The molecule has 2 N–H and O–H groups in total. The highest BCUT2D eigenvalue weighted by molar-refractivity contribution is 14.0. The monoisotopic (exact) mass is 451 g/mol. The van der Waals surface area contributed by atoms with Crippen LogP contribution in [-0.2, 0) is 11.3 Å². The Morgan fingerprint density at radius 1 is 1.33 bits per heavy atom. The van der Waals surface area contributed by atoms with Gasteiger partial charge in [0.1, 0.15) is 5.76 Å². The standard InChI is InChI=1S/C16H29N5O2.HI/c1-12-14(13(2)23-20-12)10-19-15(17-5)18-6-7-21-8-9-22-16(3,4)11-21;/h6-11H2,1-5H3,(H2,17,18,19);1H. The first-order valence-corrected chi connectivity index (χ1v) is 8.14. The molecule has 2 heterocycles. The molecule has 0 aromatic carbocycles. The zero-order valence-electron chi connectivity index (χ0n) is 15.3. The van der Waals surface area contributed by atoms with Crippen molar-refractivity contribution >= 4 is 29.9 Å². The van der Waals surface area contributed by atoms with Crippen molar-refractivity contribution in [1.82, 2.24) is 20.7 Å². The Labute approximate surface area is 161 Å². The summed E-state index contributed by atoms with van der Waals surface area (Å²) in [5.41, 5.74) is 1.95. The van der Waals surface area contributed by atoms with Crippen LogP contribution in [0.1, 0.15) is 30.9 Å². The lowest BCUT2D eigenvalue weighted by molar-refractivity contribution is -0.0852. The molecule has 0 spiro atoms. The maximum absolute atomic E-state index is 5.73. The number of morpholine rings is 1. The molecule has 1 fully saturated rings. The van der Waals surface area contributed by atoms with Gasteiger partial charge < -0.3 is 19.9 Å². The smallest absolute Gasteiger partial charge is 0.191 e. The van der Waals surface area contributed by atoms with E-state index in [-0.39, 0.29) is 29.6 Å². The van der Waals surface area contributed by atoms with E-state index in [0.717, 1.165) is 55.8 Å². The van der Waals surface area contributed by atoms with E-state index < -0.39 is 0 Å². The van der Waals surface area contributed by atoms with Gasteiger partial charge in [-0.3, -0.25) is 9.89 Å². The average Bonchev–Trinajstić information content (AvgIpc) is 2.81. The fraction of sp³-hybridized carbons (Fsp3) is 0.750. The largest absolute Gasteiger partial charge is 0.373 e. The first-order chi connectivity index (χ1) is 10.9. The van der Waals surface area contributed by atoms with Crippen LogP contribution >= 0.6 is 24.0 Å². The fourth-order valence-electron chi connectivity index (χ4n) is 2.78. The first kappa shape index (κ1) is 21.2. The third kappa shape index (κ3) is 6.21. The lowest BCUT2D eigenvalue weighted by Crippen LogP contribution is -2.50. The number of nitrogens with zero attached hydrogens (tertiary/aromatic N) is 3. The molecule has 7 nitrogen and oxygen atoms in total. The van der Waals surface area contributed by atoms with Crippen molar-refractivity contribution in [2.24, 2.45) is 4.99 Å². The van der Waals surface area contributed by atoms with Crippen molar-refractivity contribution < 1.29 is 9.26 Å². The second kappa shape index (κ2) is 9.57. The highest BCUT2D eigenvalue weighted by Gasteiger charge is 2.26. The fourth-order valence-corrected chi connectivity index (χ4v) is 2.78. The molecule has 0 bridgehead atoms. The van der Waals surface area contributed by atoms with Crippen LogP contribution in [0.15, 0.2) is 9.52 Å². The highest BCUT2D eigenvalue weighted by Crippen LogP contribution is 2.15. The highest BCUT2D eigenvalue weighted by atomic mass is 127. The summed E-state index contributed by atoms with van der Waals surface area (Å²) in [4.78, 5) is 6.67. The molecule has 1 aliphatic heterocycles. The molecule has 1 aromatic rings. The van der Waals surface area contributed by atoms with E-state index in [0.29, 0.717) is 6.54 Å². The van der Waals surface area contributed by atoms with Crippen molar-refractivity contribution in [2.45, 2.75) is 39.8 Å². The second-order valence-electron chi connectivity index (χ2n) is 6.54. The van der Waals surface area contributed by atoms with Crippen LogP contribution in [0.4, 0.5) is 0 Å². The van der Waals surface area contributed by atoms with Gasteiger partial charge in [0, 0.05) is 45.3 Å². The topological polar surface area (TPSA) is 74.9 Å². The zero-order valence-corrected chi connectivity index (χ0v) is 17.6. The zero-order chi connectivity index (χ0) is 16.9. The molecule has 1 aliphatic rings. The maximum Gasteiger partial charge on any atom is 0.191 e. The number of aryl methyl sites for hydroxylation is 2. The molecule has 24 heavy (non-hydrogen) atoms. The number of nitrogens with one attached hydrogen (secondary N) is 2. The van der Waals surface area contributed by atoms with Gasteiger partial charge in [-0.25, -0.2) is 0 Å². The molecule has 0 atom stereocenters. The average molecular weight is 451 g/mol. The van der Waals surface area contributed by atoms with E-state index in [9.17, 15) is 0 Å². The van der Waals surface area contributed by atoms with Crippen LogP contribution in [0.5, 0.6) is 0 Å². The predicted octanol–water partition coefficient (Wildman–Crippen LogP) is 1.69. The Hall–Kier alpha value is -0.870. The van der Waals surface area contributed by atoms with Crippen molar-refractivity contribution in [1.29, 1.82) is 0 Å². The van der Waals surface area contributed by atoms with Gasteiger partial charge in [0.05, 0.1) is 17.9 Å². The third-order valence-corrected chi connectivity index (χ3v) is 4.06. The van der Waals surface area contributed by atoms with Gasteiger partial charge in [0.15, 0.2) is 5.96 Å². The van der Waals surface area contributed by atoms with Gasteiger partial charge in [-0.1, -0.05) is 5.16 Å². The number of halogens is 1. The molecule has 8 heteroatoms. The van der Waals surface area contributed by atoms with Crippen LogP contribution < -0.4 is 10.6 Å². The summed E-state index contributed by atoms with van der Waals surface area (Å²) < 4.78 is 10.9. The van der Waals surface area contributed by atoms with Crippen molar-refractivity contribution in [3.05, 3.63) is 17.0 Å². The lowest BCUT2D eigenvalue weighted by atomic mass is 10.1. The molecule has 0 unspecified atom stereocenters. The van der Waals surface area contributed by atoms with Crippen molar-refractivity contribution in [2.75, 3.05) is 39.8 Å². The number of aliphatic imine (C=N–C) groups is 1. The molecule has 0 saturated carbocycles. The minimum atomic E-state index is -0.0541. The molecular weight excluding hydrogens is 421 g/mol. The summed E-state index contributed by atoms with van der Waals surface area (Å²) in [6, 6.07) is 0. The second-order valence-corrected chi connectivity index (χ2v) is 6.54. The molecule has 0 radical (unpaired) electrons. The number of hydrogen-bond acceptors (Lipinski definition) is 5. The Morgan fingerprint density at radius 2 is 2.08 bits per heavy atom. The predicted molar refractivity (Wildman–Crippen MR) is 106 cm³/mol. The van der Waals surface area contributed by atoms with Crippen LogP contribution in [0, 0.1) is 13.8 Å². The summed E-state index contributed by atoms with van der Waals surface area (Å²) in [6.45, 7) is 13.4. The Kier molecular flexibility index (Phi) is 8.44. The SMILES string of the molecule is CN=C(NCCN1CCOC(C)(C)C1)NCc1c(C)noc1C.I.